The molecule has 0 aliphatic carbocycles. The molecule has 2 aliphatic rings. The van der Waals surface area contributed by atoms with Crippen LogP contribution in [0.15, 0.2) is 170 Å². The van der Waals surface area contributed by atoms with Crippen molar-refractivity contribution in [3.8, 4) is 45.3 Å². The minimum atomic E-state index is -0.763. The normalized spacial score (nSPS) is 13.3. The van der Waals surface area contributed by atoms with Gasteiger partial charge in [-0.1, -0.05) is 109 Å². The van der Waals surface area contributed by atoms with Crippen LogP contribution < -0.4 is 18.9 Å². The van der Waals surface area contributed by atoms with E-state index in [2.05, 4.69) is 0 Å². The molecule has 0 N–H and O–H groups in total. The summed E-state index contributed by atoms with van der Waals surface area (Å²) in [5, 5.41) is 6.60. The van der Waals surface area contributed by atoms with Gasteiger partial charge in [0, 0.05) is 44.5 Å². The van der Waals surface area contributed by atoms with Crippen LogP contribution in [-0.2, 0) is 45.4 Å². The number of hydrogen-bond donors (Lipinski definition) is 0. The topological polar surface area (TPSA) is 142 Å². The fourth-order valence-corrected chi connectivity index (χ4v) is 10.4. The highest BCUT2D eigenvalue weighted by atomic mass is 16.6. The third kappa shape index (κ3) is 8.79. The molecular weight excluding hydrogens is 961 g/mol. The maximum absolute atomic E-state index is 14.3. The summed E-state index contributed by atoms with van der Waals surface area (Å²) in [4.78, 5) is 56.3. The Morgan fingerprint density at radius 3 is 0.803 bits per heavy atom. The van der Waals surface area contributed by atoms with E-state index >= 15 is 0 Å². The zero-order valence-corrected chi connectivity index (χ0v) is 41.9. The Balaban J connectivity index is 1.06. The van der Waals surface area contributed by atoms with E-state index in [0.29, 0.717) is 67.5 Å². The summed E-state index contributed by atoms with van der Waals surface area (Å²) in [5.74, 6) is -1.09. The Hall–Kier alpha value is -9.68. The van der Waals surface area contributed by atoms with Crippen molar-refractivity contribution in [2.75, 3.05) is 28.4 Å². The van der Waals surface area contributed by atoms with E-state index < -0.39 is 23.9 Å². The lowest BCUT2D eigenvalue weighted by molar-refractivity contribution is 0.0423. The standard InChI is InChI=1S/C64H48O12/c1-69-57-43-29-39-15-5-9-19-47(39)53(57)55-49-21-11-7-17-41(49)31-45(59(55)71-3)35-75-63(67)51-23-13-14-24-52(51)64(68)76-36-46-32-42-18-8-12-22-50(42)56(60(46)72-4)54-48-20-10-6-16-40(48)30-44(58(54)70-2)34-74-62(66)38-27-25-37(26-28-38)61(65)73-33-43/h5-32H,33-36H2,1-4H3. The molecule has 0 radical (unpaired) electrons. The van der Waals surface area contributed by atoms with Gasteiger partial charge in [-0.2, -0.15) is 0 Å². The van der Waals surface area contributed by atoms with Crippen molar-refractivity contribution in [1.82, 2.24) is 0 Å². The molecule has 76 heavy (non-hydrogen) atoms. The van der Waals surface area contributed by atoms with Gasteiger partial charge in [0.05, 0.1) is 50.7 Å². The molecule has 0 unspecified atom stereocenters. The highest BCUT2D eigenvalue weighted by Gasteiger charge is 2.29. The number of ether oxygens (including phenoxy) is 8. The minimum absolute atomic E-state index is 0.00212. The fourth-order valence-electron chi connectivity index (χ4n) is 10.4. The Kier molecular flexibility index (Phi) is 13.2. The average Bonchev–Trinajstić information content (AvgIpc) is 3.49. The predicted molar refractivity (Wildman–Crippen MR) is 289 cm³/mol. The quantitative estimate of drug-likeness (QED) is 0.122. The van der Waals surface area contributed by atoms with Gasteiger partial charge in [0.15, 0.2) is 0 Å². The van der Waals surface area contributed by atoms with E-state index in [-0.39, 0.29) is 48.7 Å². The molecule has 12 nitrogen and oxygen atoms in total. The molecule has 12 rings (SSSR count). The summed E-state index contributed by atoms with van der Waals surface area (Å²) in [6.45, 7) is -0.837. The van der Waals surface area contributed by atoms with Crippen LogP contribution in [0.2, 0.25) is 0 Å². The zero-order valence-electron chi connectivity index (χ0n) is 41.9. The molecule has 0 atom stereocenters. The van der Waals surface area contributed by atoms with E-state index in [0.717, 1.165) is 43.1 Å². The largest absolute Gasteiger partial charge is 0.496 e. The highest BCUT2D eigenvalue weighted by Crippen LogP contribution is 2.50. The molecule has 0 saturated heterocycles. The first-order valence-electron chi connectivity index (χ1n) is 24.4. The molecule has 10 bridgehead atoms. The van der Waals surface area contributed by atoms with Crippen LogP contribution in [0.25, 0.3) is 65.3 Å². The number of hydrogen-bond acceptors (Lipinski definition) is 12. The van der Waals surface area contributed by atoms with Gasteiger partial charge < -0.3 is 37.9 Å². The lowest BCUT2D eigenvalue weighted by Gasteiger charge is -2.22. The molecule has 10 aromatic rings. The zero-order chi connectivity index (χ0) is 52.5. The first-order valence-corrected chi connectivity index (χ1v) is 24.4. The van der Waals surface area contributed by atoms with E-state index in [1.165, 1.54) is 36.4 Å². The van der Waals surface area contributed by atoms with E-state index in [1.807, 2.05) is 121 Å². The van der Waals surface area contributed by atoms with Gasteiger partial charge in [0.1, 0.15) is 49.4 Å². The number of rotatable bonds is 4. The van der Waals surface area contributed by atoms with E-state index in [4.69, 9.17) is 37.9 Å². The Morgan fingerprint density at radius 1 is 0.303 bits per heavy atom. The number of fused-ring (bicyclic) bond motifs is 14. The van der Waals surface area contributed by atoms with Crippen LogP contribution >= 0.6 is 0 Å². The Bertz CT molecular complexity index is 3710. The number of methoxy groups -OCH3 is 4. The van der Waals surface area contributed by atoms with Gasteiger partial charge in [-0.3, -0.25) is 0 Å². The van der Waals surface area contributed by atoms with Crippen LogP contribution in [0.3, 0.4) is 0 Å². The van der Waals surface area contributed by atoms with Crippen molar-refractivity contribution in [2.45, 2.75) is 26.4 Å². The van der Waals surface area contributed by atoms with Crippen molar-refractivity contribution in [3.63, 3.8) is 0 Å². The Morgan fingerprint density at radius 2 is 0.539 bits per heavy atom. The SMILES string of the molecule is COc1c2cc3ccccc3c1-c1c(OC)c(cc3ccccc13)COC(=O)c1ccccc1C(=O)OCc1cc3ccccc3c(c1OC)-c1c(OC)c(cc3ccccc13)COC(=O)c1ccc(cc1)C(=O)OC2. The summed E-state index contributed by atoms with van der Waals surface area (Å²) < 4.78 is 49.1. The monoisotopic (exact) mass is 1010 g/mol. The minimum Gasteiger partial charge on any atom is -0.496 e. The molecule has 0 saturated carbocycles. The summed E-state index contributed by atoms with van der Waals surface area (Å²) in [7, 11) is 6.20. The van der Waals surface area contributed by atoms with Crippen molar-refractivity contribution in [2.24, 2.45) is 0 Å². The predicted octanol–water partition coefficient (Wildman–Crippen LogP) is 13.4. The molecule has 12 heteroatoms. The second kappa shape index (κ2) is 20.7. The maximum Gasteiger partial charge on any atom is 0.339 e. The fraction of sp³-hybridized carbons (Fsp3) is 0.125. The van der Waals surface area contributed by atoms with Gasteiger partial charge >= 0.3 is 23.9 Å². The van der Waals surface area contributed by atoms with Crippen molar-refractivity contribution < 1.29 is 57.1 Å². The molecule has 376 valence electrons. The van der Waals surface area contributed by atoms with Gasteiger partial charge in [-0.05, 0) is 104 Å². The lowest BCUT2D eigenvalue weighted by atomic mass is 9.89. The van der Waals surface area contributed by atoms with Crippen LogP contribution in [-0.4, -0.2) is 52.3 Å². The molecule has 0 fully saturated rings. The van der Waals surface area contributed by atoms with Crippen molar-refractivity contribution in [1.29, 1.82) is 0 Å². The number of esters is 4. The third-order valence-corrected chi connectivity index (χ3v) is 13.8. The van der Waals surface area contributed by atoms with Crippen LogP contribution in [0.5, 0.6) is 23.0 Å². The molecule has 2 aliphatic heterocycles. The summed E-state index contributed by atoms with van der Waals surface area (Å²) >= 11 is 0. The van der Waals surface area contributed by atoms with Gasteiger partial charge in [0.25, 0.3) is 0 Å². The van der Waals surface area contributed by atoms with E-state index in [1.54, 1.807) is 40.6 Å². The molecule has 0 amide bonds. The third-order valence-electron chi connectivity index (χ3n) is 13.8. The smallest absolute Gasteiger partial charge is 0.339 e. The molecule has 2 heterocycles. The van der Waals surface area contributed by atoms with E-state index in [9.17, 15) is 19.2 Å². The van der Waals surface area contributed by atoms with Crippen molar-refractivity contribution in [3.05, 3.63) is 214 Å². The summed E-state index contributed by atoms with van der Waals surface area (Å²) in [6.07, 6.45) is 0. The number of carbonyl (C=O) groups is 4. The van der Waals surface area contributed by atoms with Crippen LogP contribution in [0.1, 0.15) is 63.7 Å². The second-order valence-corrected chi connectivity index (χ2v) is 18.1. The lowest BCUT2D eigenvalue weighted by Crippen LogP contribution is -2.14. The van der Waals surface area contributed by atoms with Crippen LogP contribution in [0, 0.1) is 0 Å². The average molecular weight is 1010 g/mol. The first kappa shape index (κ1) is 48.6. The number of carbonyl (C=O) groups excluding carboxylic acids is 4. The molecule has 10 aromatic carbocycles. The molecule has 0 aromatic heterocycles. The number of benzene rings is 10. The van der Waals surface area contributed by atoms with Crippen LogP contribution in [0.4, 0.5) is 0 Å². The summed E-state index contributed by atoms with van der Waals surface area (Å²) in [6, 6.07) is 51.1. The second-order valence-electron chi connectivity index (χ2n) is 18.1. The maximum atomic E-state index is 14.3. The highest BCUT2D eigenvalue weighted by molar-refractivity contribution is 6.13. The molecular formula is C64H48O12. The van der Waals surface area contributed by atoms with Crippen molar-refractivity contribution >= 4 is 67.0 Å². The summed E-state index contributed by atoms with van der Waals surface area (Å²) in [5.41, 5.74) is 5.28. The Labute approximate surface area is 436 Å². The van der Waals surface area contributed by atoms with Gasteiger partial charge in [-0.25, -0.2) is 19.2 Å². The first-order chi connectivity index (χ1) is 37.2. The molecule has 0 spiro atoms. The van der Waals surface area contributed by atoms with Gasteiger partial charge in [-0.15, -0.1) is 0 Å². The van der Waals surface area contributed by atoms with Gasteiger partial charge in [0.2, 0.25) is 0 Å².